The molecular weight excluding hydrogens is 340 g/mol. The number of aromatic amines is 1. The van der Waals surface area contributed by atoms with E-state index < -0.39 is 11.5 Å². The van der Waals surface area contributed by atoms with Gasteiger partial charge in [-0.15, -0.1) is 0 Å². The summed E-state index contributed by atoms with van der Waals surface area (Å²) < 4.78 is 1.91. The molecular formula is C17H16N4O3S. The van der Waals surface area contributed by atoms with Gasteiger partial charge >= 0.3 is 5.97 Å². The van der Waals surface area contributed by atoms with Crippen LogP contribution in [0.2, 0.25) is 0 Å². The average Bonchev–Trinajstić information content (AvgIpc) is 2.61. The standard InChI is InChI=1S/C17H16N4O3S/c1-3-9(2)21-14-13(15(22)20-17(21)25)11(16(23)24)7-12(19-14)10-5-4-6-18-8-10/h4-9H,3H2,1-2H3,(H,23,24)(H,20,22,25)/t9-/m1/s1. The first kappa shape index (κ1) is 17.0. The van der Waals surface area contributed by atoms with Gasteiger partial charge in [0.2, 0.25) is 0 Å². The van der Waals surface area contributed by atoms with E-state index in [4.69, 9.17) is 12.2 Å². The summed E-state index contributed by atoms with van der Waals surface area (Å²) in [6.45, 7) is 3.92. The first-order valence-corrected chi connectivity index (χ1v) is 8.18. The Morgan fingerprint density at radius 2 is 2.24 bits per heavy atom. The van der Waals surface area contributed by atoms with Crippen molar-refractivity contribution in [1.82, 2.24) is 19.5 Å². The van der Waals surface area contributed by atoms with Crippen molar-refractivity contribution in [3.8, 4) is 11.3 Å². The topological polar surface area (TPSA) is 101 Å². The van der Waals surface area contributed by atoms with Crippen molar-refractivity contribution in [1.29, 1.82) is 0 Å². The molecule has 0 saturated heterocycles. The Hall–Kier alpha value is -2.87. The van der Waals surface area contributed by atoms with E-state index in [-0.39, 0.29) is 27.4 Å². The third-order valence-electron chi connectivity index (χ3n) is 4.11. The molecule has 7 nitrogen and oxygen atoms in total. The molecule has 3 heterocycles. The van der Waals surface area contributed by atoms with Crippen LogP contribution in [-0.4, -0.2) is 30.6 Å². The Balaban J connectivity index is 2.50. The highest BCUT2D eigenvalue weighted by molar-refractivity contribution is 7.71. The van der Waals surface area contributed by atoms with Gasteiger partial charge in [-0.2, -0.15) is 0 Å². The smallest absolute Gasteiger partial charge is 0.336 e. The third kappa shape index (κ3) is 2.96. The lowest BCUT2D eigenvalue weighted by molar-refractivity contribution is 0.0699. The molecule has 0 radical (unpaired) electrons. The second kappa shape index (κ2) is 6.56. The molecule has 0 saturated carbocycles. The summed E-state index contributed by atoms with van der Waals surface area (Å²) >= 11 is 5.29. The predicted molar refractivity (Wildman–Crippen MR) is 96.4 cm³/mol. The van der Waals surface area contributed by atoms with E-state index in [1.165, 1.54) is 6.07 Å². The average molecular weight is 356 g/mol. The van der Waals surface area contributed by atoms with Crippen LogP contribution in [0.25, 0.3) is 22.3 Å². The number of hydrogen-bond acceptors (Lipinski definition) is 5. The number of fused-ring (bicyclic) bond motifs is 1. The molecule has 25 heavy (non-hydrogen) atoms. The lowest BCUT2D eigenvalue weighted by Crippen LogP contribution is -2.20. The van der Waals surface area contributed by atoms with E-state index in [0.717, 1.165) is 6.42 Å². The minimum Gasteiger partial charge on any atom is -0.478 e. The van der Waals surface area contributed by atoms with E-state index in [1.54, 1.807) is 29.1 Å². The number of rotatable bonds is 4. The molecule has 0 fully saturated rings. The summed E-state index contributed by atoms with van der Waals surface area (Å²) in [5, 5.41) is 9.63. The van der Waals surface area contributed by atoms with Crippen LogP contribution in [0.4, 0.5) is 0 Å². The summed E-state index contributed by atoms with van der Waals surface area (Å²) in [6.07, 6.45) is 3.96. The Kier molecular flexibility index (Phi) is 4.45. The number of pyridine rings is 2. The molecule has 0 amide bonds. The first-order chi connectivity index (χ1) is 11.9. The Morgan fingerprint density at radius 1 is 1.48 bits per heavy atom. The number of hydrogen-bond donors (Lipinski definition) is 2. The fourth-order valence-electron chi connectivity index (χ4n) is 2.67. The van der Waals surface area contributed by atoms with Crippen LogP contribution >= 0.6 is 12.2 Å². The van der Waals surface area contributed by atoms with E-state index in [1.807, 2.05) is 13.8 Å². The Bertz CT molecular complexity index is 1070. The molecule has 0 bridgehead atoms. The van der Waals surface area contributed by atoms with Gasteiger partial charge in [-0.1, -0.05) is 6.92 Å². The van der Waals surface area contributed by atoms with Gasteiger partial charge in [0.1, 0.15) is 5.65 Å². The molecule has 0 aliphatic carbocycles. The largest absolute Gasteiger partial charge is 0.478 e. The molecule has 3 rings (SSSR count). The molecule has 1 atom stereocenters. The lowest BCUT2D eigenvalue weighted by Gasteiger charge is -2.17. The van der Waals surface area contributed by atoms with Gasteiger partial charge in [0.15, 0.2) is 4.77 Å². The number of nitrogens with zero attached hydrogens (tertiary/aromatic N) is 3. The summed E-state index contributed by atoms with van der Waals surface area (Å²) in [6, 6.07) is 4.86. The lowest BCUT2D eigenvalue weighted by atomic mass is 10.1. The number of carboxylic acids is 1. The Morgan fingerprint density at radius 3 is 2.84 bits per heavy atom. The summed E-state index contributed by atoms with van der Waals surface area (Å²) in [7, 11) is 0. The number of aromatic carboxylic acids is 1. The van der Waals surface area contributed by atoms with Crippen LogP contribution in [0.1, 0.15) is 36.7 Å². The molecule has 2 N–H and O–H groups in total. The van der Waals surface area contributed by atoms with E-state index in [0.29, 0.717) is 11.3 Å². The van der Waals surface area contributed by atoms with Gasteiger partial charge in [-0.25, -0.2) is 9.78 Å². The van der Waals surface area contributed by atoms with Crippen molar-refractivity contribution < 1.29 is 9.90 Å². The zero-order valence-electron chi connectivity index (χ0n) is 13.7. The van der Waals surface area contributed by atoms with Gasteiger partial charge in [0, 0.05) is 24.0 Å². The summed E-state index contributed by atoms with van der Waals surface area (Å²) in [4.78, 5) is 35.3. The molecule has 8 heteroatoms. The zero-order chi connectivity index (χ0) is 18.1. The fourth-order valence-corrected chi connectivity index (χ4v) is 3.03. The maximum absolute atomic E-state index is 12.4. The molecule has 3 aromatic heterocycles. The molecule has 128 valence electrons. The fraction of sp³-hybridized carbons (Fsp3) is 0.235. The molecule has 0 spiro atoms. The quantitative estimate of drug-likeness (QED) is 0.696. The van der Waals surface area contributed by atoms with E-state index >= 15 is 0 Å². The van der Waals surface area contributed by atoms with Crippen molar-refractivity contribution in [2.75, 3.05) is 0 Å². The maximum atomic E-state index is 12.4. The molecule has 3 aromatic rings. The third-order valence-corrected chi connectivity index (χ3v) is 4.41. The minimum atomic E-state index is -1.20. The highest BCUT2D eigenvalue weighted by atomic mass is 32.1. The summed E-state index contributed by atoms with van der Waals surface area (Å²) in [5.74, 6) is -1.20. The highest BCUT2D eigenvalue weighted by Gasteiger charge is 2.20. The van der Waals surface area contributed by atoms with Crippen molar-refractivity contribution >= 4 is 29.2 Å². The Labute approximate surface area is 148 Å². The maximum Gasteiger partial charge on any atom is 0.336 e. The molecule has 0 aromatic carbocycles. The van der Waals surface area contributed by atoms with Crippen molar-refractivity contribution in [2.45, 2.75) is 26.3 Å². The number of carbonyl (C=O) groups is 1. The molecule has 0 aliphatic rings. The number of H-pyrrole nitrogens is 1. The van der Waals surface area contributed by atoms with Gasteiger partial charge in [0.25, 0.3) is 5.56 Å². The van der Waals surface area contributed by atoms with Crippen LogP contribution in [0.3, 0.4) is 0 Å². The first-order valence-electron chi connectivity index (χ1n) is 7.77. The van der Waals surface area contributed by atoms with Crippen molar-refractivity contribution in [3.05, 3.63) is 51.3 Å². The molecule has 0 unspecified atom stereocenters. The normalized spacial score (nSPS) is 12.2. The predicted octanol–water partition coefficient (Wildman–Crippen LogP) is 3.19. The summed E-state index contributed by atoms with van der Waals surface area (Å²) in [5.41, 5.74) is 0.685. The molecule has 0 aliphatic heterocycles. The van der Waals surface area contributed by atoms with Crippen molar-refractivity contribution in [2.24, 2.45) is 0 Å². The van der Waals surface area contributed by atoms with Gasteiger partial charge in [-0.05, 0) is 43.8 Å². The van der Waals surface area contributed by atoms with Crippen LogP contribution in [0.15, 0.2) is 35.4 Å². The second-order valence-corrected chi connectivity index (χ2v) is 6.07. The van der Waals surface area contributed by atoms with Crippen LogP contribution in [0.5, 0.6) is 0 Å². The number of nitrogens with one attached hydrogen (secondary N) is 1. The monoisotopic (exact) mass is 356 g/mol. The second-order valence-electron chi connectivity index (χ2n) is 5.69. The number of carboxylic acid groups (broad SMARTS) is 1. The number of aromatic nitrogens is 4. The van der Waals surface area contributed by atoms with Crippen molar-refractivity contribution in [3.63, 3.8) is 0 Å². The van der Waals surface area contributed by atoms with Gasteiger partial charge < -0.3 is 5.11 Å². The van der Waals surface area contributed by atoms with E-state index in [9.17, 15) is 14.7 Å². The van der Waals surface area contributed by atoms with Crippen LogP contribution in [-0.2, 0) is 0 Å². The van der Waals surface area contributed by atoms with E-state index in [2.05, 4.69) is 15.0 Å². The van der Waals surface area contributed by atoms with Crippen LogP contribution < -0.4 is 5.56 Å². The minimum absolute atomic E-state index is 0.0223. The SMILES string of the molecule is CC[C@@H](C)n1c(=S)[nH]c(=O)c2c(C(=O)O)cc(-c3cccnc3)nc21. The van der Waals surface area contributed by atoms with Gasteiger partial charge in [0.05, 0.1) is 16.6 Å². The van der Waals surface area contributed by atoms with Gasteiger partial charge in [-0.3, -0.25) is 19.3 Å². The highest BCUT2D eigenvalue weighted by Crippen LogP contribution is 2.25. The van der Waals surface area contributed by atoms with Crippen LogP contribution in [0, 0.1) is 4.77 Å². The zero-order valence-corrected chi connectivity index (χ0v) is 14.5.